The third-order valence-corrected chi connectivity index (χ3v) is 4.39. The molecule has 0 saturated heterocycles. The summed E-state index contributed by atoms with van der Waals surface area (Å²) in [6, 6.07) is 7.63. The standard InChI is InChI=1S/C18H17N5O2/c19-17(25)16-14-10-5-1-2-6-12(10)21-13(7-3-4-8-24)11-9-20-18(15(11)14)23-22-16/h1-2,5-6,9,24H,3-4,7-8H2,(H2,19,25)(H,20,23). The van der Waals surface area contributed by atoms with Crippen molar-refractivity contribution >= 4 is 28.3 Å². The van der Waals surface area contributed by atoms with Crippen molar-refractivity contribution in [3.63, 3.8) is 0 Å². The number of H-pyrrole nitrogens is 1. The van der Waals surface area contributed by atoms with Crippen LogP contribution in [0.3, 0.4) is 0 Å². The molecule has 4 rings (SSSR count). The summed E-state index contributed by atoms with van der Waals surface area (Å²) in [6.07, 6.45) is 4.09. The molecule has 0 spiro atoms. The molecular formula is C18H17N5O2. The maximum absolute atomic E-state index is 11.9. The van der Waals surface area contributed by atoms with Crippen LogP contribution < -0.4 is 5.73 Å². The number of hydrogen-bond donors (Lipinski definition) is 3. The second kappa shape index (κ2) is 6.10. The minimum Gasteiger partial charge on any atom is -0.396 e. The van der Waals surface area contributed by atoms with Crippen LogP contribution >= 0.6 is 0 Å². The van der Waals surface area contributed by atoms with Crippen molar-refractivity contribution in [1.82, 2.24) is 15.2 Å². The summed E-state index contributed by atoms with van der Waals surface area (Å²) < 4.78 is 0. The van der Waals surface area contributed by atoms with Gasteiger partial charge in [-0.05, 0) is 25.3 Å². The van der Waals surface area contributed by atoms with Crippen LogP contribution in [0.1, 0.15) is 35.3 Å². The molecule has 7 nitrogen and oxygen atoms in total. The summed E-state index contributed by atoms with van der Waals surface area (Å²) in [5.74, 6) is -0.616. The number of aliphatic hydroxyl groups excluding tert-OH is 1. The molecule has 2 aromatic heterocycles. The van der Waals surface area contributed by atoms with Gasteiger partial charge in [0.1, 0.15) is 0 Å². The summed E-state index contributed by atoms with van der Waals surface area (Å²) in [5, 5.41) is 18.0. The van der Waals surface area contributed by atoms with Crippen LogP contribution in [-0.2, 0) is 0 Å². The highest BCUT2D eigenvalue weighted by Gasteiger charge is 2.26. The van der Waals surface area contributed by atoms with E-state index in [2.05, 4.69) is 15.2 Å². The van der Waals surface area contributed by atoms with Crippen molar-refractivity contribution < 1.29 is 9.90 Å². The quantitative estimate of drug-likeness (QED) is 0.620. The lowest BCUT2D eigenvalue weighted by Gasteiger charge is -2.08. The maximum atomic E-state index is 11.9. The van der Waals surface area contributed by atoms with E-state index >= 15 is 0 Å². The van der Waals surface area contributed by atoms with Gasteiger partial charge in [0, 0.05) is 34.9 Å². The van der Waals surface area contributed by atoms with Crippen LogP contribution in [0.2, 0.25) is 0 Å². The van der Waals surface area contributed by atoms with Crippen LogP contribution in [-0.4, -0.2) is 38.5 Å². The monoisotopic (exact) mass is 335 g/mol. The first kappa shape index (κ1) is 15.5. The molecule has 0 saturated carbocycles. The molecule has 7 heteroatoms. The number of nitrogens with zero attached hydrogens (tertiary/aromatic N) is 3. The maximum Gasteiger partial charge on any atom is 0.269 e. The zero-order chi connectivity index (χ0) is 17.4. The van der Waals surface area contributed by atoms with Crippen LogP contribution in [0.5, 0.6) is 0 Å². The number of aliphatic imine (C=N–C) groups is 1. The number of rotatable bonds is 5. The number of aliphatic hydroxyl groups is 1. The number of unbranched alkanes of at least 4 members (excludes halogenated alkanes) is 1. The summed E-state index contributed by atoms with van der Waals surface area (Å²) in [6.45, 7) is 0.153. The number of para-hydroxylation sites is 1. The lowest BCUT2D eigenvalue weighted by molar-refractivity contribution is 0.0995. The summed E-state index contributed by atoms with van der Waals surface area (Å²) in [4.78, 5) is 19.9. The summed E-state index contributed by atoms with van der Waals surface area (Å²) in [5.41, 5.74) is 10.3. The third kappa shape index (κ3) is 2.49. The lowest BCUT2D eigenvalue weighted by atomic mass is 9.97. The fraction of sp³-hybridized carbons (Fsp3) is 0.222. The van der Waals surface area contributed by atoms with Crippen molar-refractivity contribution in [3.05, 3.63) is 41.7 Å². The first-order chi connectivity index (χ1) is 12.2. The Kier molecular flexibility index (Phi) is 3.77. The molecule has 0 bridgehead atoms. The average Bonchev–Trinajstić information content (AvgIpc) is 2.98. The van der Waals surface area contributed by atoms with Gasteiger partial charge in [-0.2, -0.15) is 0 Å². The molecule has 0 unspecified atom stereocenters. The van der Waals surface area contributed by atoms with Gasteiger partial charge >= 0.3 is 0 Å². The van der Waals surface area contributed by atoms with Crippen LogP contribution in [0.15, 0.2) is 35.5 Å². The Morgan fingerprint density at radius 1 is 1.16 bits per heavy atom. The van der Waals surface area contributed by atoms with Crippen molar-refractivity contribution in [2.75, 3.05) is 6.61 Å². The molecule has 0 atom stereocenters. The molecule has 1 amide bonds. The van der Waals surface area contributed by atoms with Crippen molar-refractivity contribution in [2.45, 2.75) is 19.3 Å². The van der Waals surface area contributed by atoms with Crippen LogP contribution in [0.4, 0.5) is 5.69 Å². The molecule has 4 N–H and O–H groups in total. The van der Waals surface area contributed by atoms with Gasteiger partial charge in [-0.15, -0.1) is 10.2 Å². The largest absolute Gasteiger partial charge is 0.396 e. The molecule has 3 aromatic rings. The van der Waals surface area contributed by atoms with E-state index in [0.29, 0.717) is 17.6 Å². The van der Waals surface area contributed by atoms with Crippen molar-refractivity contribution in [1.29, 1.82) is 0 Å². The number of nitrogens with one attached hydrogen (secondary N) is 1. The predicted molar refractivity (Wildman–Crippen MR) is 95.0 cm³/mol. The number of carbonyl (C=O) groups is 1. The van der Waals surface area contributed by atoms with Gasteiger partial charge < -0.3 is 15.8 Å². The number of benzene rings is 1. The first-order valence-corrected chi connectivity index (χ1v) is 8.16. The van der Waals surface area contributed by atoms with E-state index in [4.69, 9.17) is 15.8 Å². The Morgan fingerprint density at radius 3 is 2.80 bits per heavy atom. The number of primary amides is 1. The van der Waals surface area contributed by atoms with Gasteiger partial charge in [-0.3, -0.25) is 9.79 Å². The van der Waals surface area contributed by atoms with E-state index in [-0.39, 0.29) is 12.3 Å². The molecule has 1 aromatic carbocycles. The molecular weight excluding hydrogens is 318 g/mol. The van der Waals surface area contributed by atoms with Crippen LogP contribution in [0.25, 0.3) is 22.2 Å². The number of nitrogens with two attached hydrogens (primary N) is 1. The van der Waals surface area contributed by atoms with Gasteiger partial charge in [0.2, 0.25) is 0 Å². The summed E-state index contributed by atoms with van der Waals surface area (Å²) in [7, 11) is 0. The molecule has 3 heterocycles. The van der Waals surface area contributed by atoms with E-state index in [9.17, 15) is 4.79 Å². The Bertz CT molecular complexity index is 1010. The van der Waals surface area contributed by atoms with E-state index in [1.807, 2.05) is 30.5 Å². The zero-order valence-electron chi connectivity index (χ0n) is 13.5. The van der Waals surface area contributed by atoms with E-state index in [1.54, 1.807) is 0 Å². The molecule has 0 radical (unpaired) electrons. The minimum atomic E-state index is -0.616. The smallest absolute Gasteiger partial charge is 0.269 e. The van der Waals surface area contributed by atoms with Gasteiger partial charge in [0.25, 0.3) is 5.91 Å². The summed E-state index contributed by atoms with van der Waals surface area (Å²) >= 11 is 0. The first-order valence-electron chi connectivity index (χ1n) is 8.16. The highest BCUT2D eigenvalue weighted by Crippen LogP contribution is 2.41. The number of fused-ring (bicyclic) bond motifs is 2. The number of hydrogen-bond acceptors (Lipinski definition) is 5. The number of amides is 1. The molecule has 1 aliphatic rings. The number of aromatic nitrogens is 3. The molecule has 126 valence electrons. The van der Waals surface area contributed by atoms with Gasteiger partial charge in [0.15, 0.2) is 11.3 Å². The Labute approximate surface area is 143 Å². The topological polar surface area (TPSA) is 117 Å². The normalized spacial score (nSPS) is 12.6. The van der Waals surface area contributed by atoms with Crippen molar-refractivity contribution in [2.24, 2.45) is 10.7 Å². The van der Waals surface area contributed by atoms with Crippen molar-refractivity contribution in [3.8, 4) is 11.1 Å². The third-order valence-electron chi connectivity index (χ3n) is 4.39. The molecule has 1 aliphatic heterocycles. The van der Waals surface area contributed by atoms with Gasteiger partial charge in [-0.25, -0.2) is 0 Å². The highest BCUT2D eigenvalue weighted by molar-refractivity contribution is 6.20. The Balaban J connectivity index is 2.03. The highest BCUT2D eigenvalue weighted by atomic mass is 16.2. The Hall–Kier alpha value is -3.06. The molecule has 0 aliphatic carbocycles. The van der Waals surface area contributed by atoms with Gasteiger partial charge in [0.05, 0.1) is 11.4 Å². The minimum absolute atomic E-state index is 0.146. The SMILES string of the molecule is NC(=O)c1nnc2[nH]cc3c2c1-c1ccccc1N=C3CCCCO. The lowest BCUT2D eigenvalue weighted by Crippen LogP contribution is -2.15. The van der Waals surface area contributed by atoms with E-state index in [0.717, 1.165) is 40.8 Å². The second-order valence-electron chi connectivity index (χ2n) is 5.97. The van der Waals surface area contributed by atoms with E-state index < -0.39 is 5.91 Å². The predicted octanol–water partition coefficient (Wildman–Crippen LogP) is 2.32. The zero-order valence-corrected chi connectivity index (χ0v) is 13.5. The molecule has 25 heavy (non-hydrogen) atoms. The molecule has 0 fully saturated rings. The number of carbonyl (C=O) groups excluding carboxylic acids is 1. The van der Waals surface area contributed by atoms with Crippen LogP contribution in [0, 0.1) is 0 Å². The number of aromatic amines is 1. The second-order valence-corrected chi connectivity index (χ2v) is 5.97. The van der Waals surface area contributed by atoms with E-state index in [1.165, 1.54) is 0 Å². The fourth-order valence-corrected chi connectivity index (χ4v) is 3.26. The average molecular weight is 335 g/mol. The fourth-order valence-electron chi connectivity index (χ4n) is 3.26. The Morgan fingerprint density at radius 2 is 2.00 bits per heavy atom. The van der Waals surface area contributed by atoms with Gasteiger partial charge in [-0.1, -0.05) is 18.2 Å².